The lowest BCUT2D eigenvalue weighted by atomic mass is 10.1. The Balaban J connectivity index is 1.87. The quantitative estimate of drug-likeness (QED) is 0.503. The highest BCUT2D eigenvalue weighted by Gasteiger charge is 2.14. The number of rotatable bonds is 10. The number of ether oxygens (including phenoxy) is 3. The Morgan fingerprint density at radius 2 is 1.89 bits per heavy atom. The second-order valence-corrected chi connectivity index (χ2v) is 6.37. The van der Waals surface area contributed by atoms with Gasteiger partial charge in [0.15, 0.2) is 11.5 Å². The second kappa shape index (κ2) is 11.2. The van der Waals surface area contributed by atoms with Crippen LogP contribution in [0, 0.1) is 12.3 Å². The summed E-state index contributed by atoms with van der Waals surface area (Å²) in [7, 11) is 3.30. The summed E-state index contributed by atoms with van der Waals surface area (Å²) in [6, 6.07) is 16.0. The van der Waals surface area contributed by atoms with Crippen LogP contribution < -0.4 is 14.8 Å². The van der Waals surface area contributed by atoms with Crippen molar-refractivity contribution >= 4 is 17.2 Å². The minimum atomic E-state index is -0.142. The maximum absolute atomic E-state index is 5.55. The summed E-state index contributed by atoms with van der Waals surface area (Å²) < 4.78 is 16.4. The lowest BCUT2D eigenvalue weighted by molar-refractivity contribution is 0.155. The molecular formula is C22H25NO3S. The van der Waals surface area contributed by atoms with Crippen LogP contribution in [-0.2, 0) is 17.6 Å². The molecule has 0 radical (unpaired) electrons. The molecule has 0 aliphatic heterocycles. The SMILES string of the molecule is C#CCOc1ccc(CCNC(=S)C(Cc2ccccc2)OC)cc1OC. The number of thiocarbonyl (C=S) groups is 1. The van der Waals surface area contributed by atoms with E-state index in [0.717, 1.165) is 18.4 Å². The van der Waals surface area contributed by atoms with E-state index in [1.54, 1.807) is 14.2 Å². The number of terminal acetylenes is 1. The van der Waals surface area contributed by atoms with Gasteiger partial charge in [-0.25, -0.2) is 0 Å². The summed E-state index contributed by atoms with van der Waals surface area (Å²) in [5.74, 6) is 3.76. The van der Waals surface area contributed by atoms with Crippen LogP contribution in [0.3, 0.4) is 0 Å². The van der Waals surface area contributed by atoms with Crippen molar-refractivity contribution in [1.29, 1.82) is 0 Å². The molecule has 0 aliphatic carbocycles. The van der Waals surface area contributed by atoms with E-state index in [1.807, 2.05) is 36.4 Å². The van der Waals surface area contributed by atoms with Gasteiger partial charge in [-0.2, -0.15) is 0 Å². The predicted molar refractivity (Wildman–Crippen MR) is 113 cm³/mol. The Morgan fingerprint density at radius 1 is 1.11 bits per heavy atom. The number of benzene rings is 2. The van der Waals surface area contributed by atoms with Crippen molar-refractivity contribution in [1.82, 2.24) is 5.32 Å². The zero-order valence-electron chi connectivity index (χ0n) is 15.7. The highest BCUT2D eigenvalue weighted by molar-refractivity contribution is 7.80. The largest absolute Gasteiger partial charge is 0.493 e. The van der Waals surface area contributed by atoms with Crippen molar-refractivity contribution in [2.75, 3.05) is 27.4 Å². The average molecular weight is 384 g/mol. The van der Waals surface area contributed by atoms with Crippen LogP contribution >= 0.6 is 12.2 Å². The molecule has 1 atom stereocenters. The molecule has 0 saturated carbocycles. The standard InChI is InChI=1S/C22H25NO3S/c1-4-14-26-19-11-10-18(15-20(19)24-2)12-13-23-22(27)21(25-3)16-17-8-6-5-7-9-17/h1,5-11,15,21H,12-14,16H2,2-3H3,(H,23,27). The highest BCUT2D eigenvalue weighted by atomic mass is 32.1. The number of hydrogen-bond donors (Lipinski definition) is 1. The topological polar surface area (TPSA) is 39.7 Å². The molecular weight excluding hydrogens is 358 g/mol. The molecule has 0 amide bonds. The molecule has 2 rings (SSSR count). The molecule has 1 unspecified atom stereocenters. The maximum Gasteiger partial charge on any atom is 0.162 e. The van der Waals surface area contributed by atoms with E-state index in [4.69, 9.17) is 32.9 Å². The van der Waals surface area contributed by atoms with Crippen molar-refractivity contribution in [2.24, 2.45) is 0 Å². The van der Waals surface area contributed by atoms with Gasteiger partial charge in [0.1, 0.15) is 17.7 Å². The molecule has 27 heavy (non-hydrogen) atoms. The Morgan fingerprint density at radius 3 is 2.56 bits per heavy atom. The molecule has 0 aromatic heterocycles. The van der Waals surface area contributed by atoms with Gasteiger partial charge in [0.2, 0.25) is 0 Å². The van der Waals surface area contributed by atoms with Gasteiger partial charge in [-0.3, -0.25) is 0 Å². The summed E-state index contributed by atoms with van der Waals surface area (Å²) in [4.78, 5) is 0.710. The van der Waals surface area contributed by atoms with Crippen LogP contribution in [0.15, 0.2) is 48.5 Å². The lowest BCUT2D eigenvalue weighted by Gasteiger charge is -2.18. The van der Waals surface area contributed by atoms with Gasteiger partial charge in [-0.05, 0) is 29.7 Å². The first-order valence-electron chi connectivity index (χ1n) is 8.75. The molecule has 1 N–H and O–H groups in total. The Labute approximate surface area is 166 Å². The van der Waals surface area contributed by atoms with Crippen LogP contribution in [0.4, 0.5) is 0 Å². The van der Waals surface area contributed by atoms with Crippen LogP contribution in [0.5, 0.6) is 11.5 Å². The Hall–Kier alpha value is -2.55. The predicted octanol–water partition coefficient (Wildman–Crippen LogP) is 3.42. The molecule has 0 saturated heterocycles. The smallest absolute Gasteiger partial charge is 0.162 e. The van der Waals surface area contributed by atoms with Crippen molar-refractivity contribution in [2.45, 2.75) is 18.9 Å². The third-order valence-corrected chi connectivity index (χ3v) is 4.50. The summed E-state index contributed by atoms with van der Waals surface area (Å²) >= 11 is 5.51. The fraction of sp³-hybridized carbons (Fsp3) is 0.318. The maximum atomic E-state index is 5.55. The van der Waals surface area contributed by atoms with Crippen molar-refractivity contribution in [3.63, 3.8) is 0 Å². The minimum absolute atomic E-state index is 0.142. The lowest BCUT2D eigenvalue weighted by Crippen LogP contribution is -2.36. The second-order valence-electron chi connectivity index (χ2n) is 5.93. The third kappa shape index (κ3) is 6.59. The van der Waals surface area contributed by atoms with Crippen LogP contribution in [-0.4, -0.2) is 38.5 Å². The monoisotopic (exact) mass is 383 g/mol. The summed E-state index contributed by atoms with van der Waals surface area (Å²) in [6.07, 6.45) is 6.64. The Bertz CT molecular complexity index is 771. The molecule has 0 heterocycles. The molecule has 2 aromatic carbocycles. The van der Waals surface area contributed by atoms with Crippen molar-refractivity contribution < 1.29 is 14.2 Å². The highest BCUT2D eigenvalue weighted by Crippen LogP contribution is 2.28. The van der Waals surface area contributed by atoms with Gasteiger partial charge in [0, 0.05) is 20.1 Å². The molecule has 0 spiro atoms. The first-order valence-corrected chi connectivity index (χ1v) is 9.16. The van der Waals surface area contributed by atoms with Gasteiger partial charge < -0.3 is 19.5 Å². The zero-order valence-corrected chi connectivity index (χ0v) is 16.6. The van der Waals surface area contributed by atoms with Gasteiger partial charge in [-0.15, -0.1) is 6.42 Å². The van der Waals surface area contributed by atoms with Crippen molar-refractivity contribution in [3.8, 4) is 23.8 Å². The number of nitrogens with one attached hydrogen (secondary N) is 1. The normalized spacial score (nSPS) is 11.3. The van der Waals surface area contributed by atoms with Crippen LogP contribution in [0.25, 0.3) is 0 Å². The first-order chi connectivity index (χ1) is 13.2. The van der Waals surface area contributed by atoms with E-state index in [2.05, 4.69) is 23.4 Å². The zero-order chi connectivity index (χ0) is 19.5. The average Bonchev–Trinajstić information content (AvgIpc) is 2.71. The summed E-state index contributed by atoms with van der Waals surface area (Å²) in [6.45, 7) is 0.923. The summed E-state index contributed by atoms with van der Waals surface area (Å²) in [5.41, 5.74) is 2.31. The van der Waals surface area contributed by atoms with Crippen molar-refractivity contribution in [3.05, 3.63) is 59.7 Å². The molecule has 4 nitrogen and oxygen atoms in total. The minimum Gasteiger partial charge on any atom is -0.493 e. The fourth-order valence-electron chi connectivity index (χ4n) is 2.66. The molecule has 0 bridgehead atoms. The molecule has 142 valence electrons. The van der Waals surface area contributed by atoms with Gasteiger partial charge in [-0.1, -0.05) is 54.5 Å². The molecule has 0 fully saturated rings. The molecule has 5 heteroatoms. The van der Waals surface area contributed by atoms with E-state index >= 15 is 0 Å². The van der Waals surface area contributed by atoms with E-state index in [9.17, 15) is 0 Å². The summed E-state index contributed by atoms with van der Waals surface area (Å²) in [5, 5.41) is 3.30. The number of hydrogen-bond acceptors (Lipinski definition) is 4. The van der Waals surface area contributed by atoms with E-state index in [0.29, 0.717) is 23.0 Å². The van der Waals surface area contributed by atoms with Gasteiger partial charge in [0.05, 0.1) is 7.11 Å². The third-order valence-electron chi connectivity index (χ3n) is 4.09. The fourth-order valence-corrected chi connectivity index (χ4v) is 2.94. The molecule has 2 aromatic rings. The van der Waals surface area contributed by atoms with Crippen LogP contribution in [0.1, 0.15) is 11.1 Å². The van der Waals surface area contributed by atoms with E-state index in [-0.39, 0.29) is 12.7 Å². The Kier molecular flexibility index (Phi) is 8.63. The van der Waals surface area contributed by atoms with E-state index < -0.39 is 0 Å². The van der Waals surface area contributed by atoms with E-state index in [1.165, 1.54) is 5.56 Å². The first kappa shape index (κ1) is 20.8. The molecule has 0 aliphatic rings. The number of methoxy groups -OCH3 is 2. The van der Waals surface area contributed by atoms with Gasteiger partial charge in [0.25, 0.3) is 0 Å². The van der Waals surface area contributed by atoms with Crippen LogP contribution in [0.2, 0.25) is 0 Å². The van der Waals surface area contributed by atoms with Gasteiger partial charge >= 0.3 is 0 Å².